The van der Waals surface area contributed by atoms with Crippen LogP contribution in [0.1, 0.15) is 12.0 Å². The lowest BCUT2D eigenvalue weighted by atomic mass is 10.1. The van der Waals surface area contributed by atoms with Gasteiger partial charge in [0, 0.05) is 45.3 Å². The summed E-state index contributed by atoms with van der Waals surface area (Å²) in [5, 5.41) is 3.07. The molecular weight excluding hydrogens is 323 g/mol. The van der Waals surface area contributed by atoms with E-state index in [0.29, 0.717) is 17.4 Å². The van der Waals surface area contributed by atoms with E-state index in [-0.39, 0.29) is 12.3 Å². The molecule has 2 rings (SSSR count). The van der Waals surface area contributed by atoms with E-state index in [2.05, 4.69) is 15.0 Å². The number of nitrogens with one attached hydrogen (secondary N) is 1. The molecule has 0 radical (unpaired) electrons. The van der Waals surface area contributed by atoms with Crippen LogP contribution < -0.4 is 10.1 Å². The van der Waals surface area contributed by atoms with Crippen LogP contribution >= 0.6 is 0 Å². The minimum absolute atomic E-state index is 0.185. The summed E-state index contributed by atoms with van der Waals surface area (Å²) in [5.74, 6) is 0.845. The largest absolute Gasteiger partial charge is 0.573 e. The highest BCUT2D eigenvalue weighted by Gasteiger charge is 2.32. The maximum absolute atomic E-state index is 12.5. The van der Waals surface area contributed by atoms with E-state index in [1.165, 1.54) is 12.1 Å². The Labute approximate surface area is 139 Å². The van der Waals surface area contributed by atoms with Crippen LogP contribution in [0.3, 0.4) is 0 Å². The first-order chi connectivity index (χ1) is 11.4. The first kappa shape index (κ1) is 18.4. The van der Waals surface area contributed by atoms with E-state index in [1.807, 2.05) is 11.9 Å². The van der Waals surface area contributed by atoms with Crippen LogP contribution in [0.2, 0.25) is 0 Å². The summed E-state index contributed by atoms with van der Waals surface area (Å²) in [6, 6.07) is 6.06. The maximum Gasteiger partial charge on any atom is 0.573 e. The number of hydrogen-bond acceptors (Lipinski definition) is 3. The third-order valence-electron chi connectivity index (χ3n) is 3.76. The number of guanidine groups is 1. The Bertz CT molecular complexity index is 558. The summed E-state index contributed by atoms with van der Waals surface area (Å²) >= 11 is 0. The first-order valence-corrected chi connectivity index (χ1v) is 7.72. The van der Waals surface area contributed by atoms with E-state index >= 15 is 0 Å². The van der Waals surface area contributed by atoms with Gasteiger partial charge in [0.15, 0.2) is 5.96 Å². The van der Waals surface area contributed by atoms with Gasteiger partial charge < -0.3 is 19.7 Å². The second kappa shape index (κ2) is 8.23. The van der Waals surface area contributed by atoms with Crippen LogP contribution in [0.5, 0.6) is 5.75 Å². The molecular formula is C16H22F3N3O2. The van der Waals surface area contributed by atoms with Gasteiger partial charge in [-0.05, 0) is 12.5 Å². The summed E-state index contributed by atoms with van der Waals surface area (Å²) in [7, 11) is 3.54. The third-order valence-corrected chi connectivity index (χ3v) is 3.76. The smallest absolute Gasteiger partial charge is 0.405 e. The standard InChI is InChI=1S/C16H22F3N3O2/c1-20-15(22(2)10-12-7-8-23-11-12)21-9-13-5-3-4-6-14(13)24-16(17,18)19/h3-6,12H,7-11H2,1-2H3,(H,20,21). The Morgan fingerprint density at radius 1 is 1.42 bits per heavy atom. The molecule has 1 aliphatic rings. The molecule has 1 aromatic carbocycles. The highest BCUT2D eigenvalue weighted by Crippen LogP contribution is 2.26. The highest BCUT2D eigenvalue weighted by atomic mass is 19.4. The Balaban J connectivity index is 1.95. The van der Waals surface area contributed by atoms with Crippen molar-refractivity contribution in [3.8, 4) is 5.75 Å². The molecule has 0 spiro atoms. The highest BCUT2D eigenvalue weighted by molar-refractivity contribution is 5.79. The molecule has 24 heavy (non-hydrogen) atoms. The second-order valence-electron chi connectivity index (χ2n) is 5.67. The number of aliphatic imine (C=N–C) groups is 1. The fraction of sp³-hybridized carbons (Fsp3) is 0.562. The summed E-state index contributed by atoms with van der Waals surface area (Å²) in [4.78, 5) is 6.13. The van der Waals surface area contributed by atoms with Gasteiger partial charge in [0.05, 0.1) is 6.61 Å². The van der Waals surface area contributed by atoms with Crippen molar-refractivity contribution in [1.29, 1.82) is 0 Å². The molecule has 134 valence electrons. The number of ether oxygens (including phenoxy) is 2. The minimum atomic E-state index is -4.71. The second-order valence-corrected chi connectivity index (χ2v) is 5.67. The third kappa shape index (κ3) is 5.59. The summed E-state index contributed by atoms with van der Waals surface area (Å²) < 4.78 is 46.8. The molecule has 1 saturated heterocycles. The number of benzene rings is 1. The van der Waals surface area contributed by atoms with E-state index in [4.69, 9.17) is 4.74 Å². The number of alkyl halides is 3. The molecule has 1 atom stereocenters. The summed E-state index contributed by atoms with van der Waals surface area (Å²) in [6.45, 7) is 2.46. The van der Waals surface area contributed by atoms with Crippen molar-refractivity contribution >= 4 is 5.96 Å². The topological polar surface area (TPSA) is 46.1 Å². The average molecular weight is 345 g/mol. The average Bonchev–Trinajstić information content (AvgIpc) is 3.01. The van der Waals surface area contributed by atoms with Crippen molar-refractivity contribution in [2.75, 3.05) is 33.9 Å². The van der Waals surface area contributed by atoms with Gasteiger partial charge in [-0.2, -0.15) is 0 Å². The predicted molar refractivity (Wildman–Crippen MR) is 84.9 cm³/mol. The SMILES string of the molecule is CN=C(NCc1ccccc1OC(F)(F)F)N(C)CC1CCOC1. The van der Waals surface area contributed by atoms with Gasteiger partial charge >= 0.3 is 6.36 Å². The van der Waals surface area contributed by atoms with Gasteiger partial charge in [-0.3, -0.25) is 4.99 Å². The molecule has 1 fully saturated rings. The van der Waals surface area contributed by atoms with E-state index in [0.717, 1.165) is 26.2 Å². The number of hydrogen-bond donors (Lipinski definition) is 1. The zero-order valence-corrected chi connectivity index (χ0v) is 13.8. The molecule has 1 N–H and O–H groups in total. The predicted octanol–water partition coefficient (Wildman–Crippen LogP) is 2.63. The molecule has 0 bridgehead atoms. The molecule has 1 aromatic rings. The lowest BCUT2D eigenvalue weighted by Gasteiger charge is -2.25. The molecule has 0 aromatic heterocycles. The zero-order valence-electron chi connectivity index (χ0n) is 13.8. The summed E-state index contributed by atoms with van der Waals surface area (Å²) in [5.41, 5.74) is 0.411. The molecule has 1 unspecified atom stereocenters. The Morgan fingerprint density at radius 2 is 2.17 bits per heavy atom. The fourth-order valence-corrected chi connectivity index (χ4v) is 2.63. The maximum atomic E-state index is 12.5. The van der Waals surface area contributed by atoms with Gasteiger partial charge in [0.2, 0.25) is 0 Å². The fourth-order valence-electron chi connectivity index (χ4n) is 2.63. The lowest BCUT2D eigenvalue weighted by molar-refractivity contribution is -0.274. The molecule has 0 amide bonds. The number of rotatable bonds is 5. The molecule has 0 aliphatic carbocycles. The zero-order chi connectivity index (χ0) is 17.6. The van der Waals surface area contributed by atoms with Gasteiger partial charge in [0.1, 0.15) is 5.75 Å². The van der Waals surface area contributed by atoms with Crippen LogP contribution in [0.15, 0.2) is 29.3 Å². The van der Waals surface area contributed by atoms with Gasteiger partial charge in [-0.1, -0.05) is 18.2 Å². The van der Waals surface area contributed by atoms with Crippen molar-refractivity contribution in [2.24, 2.45) is 10.9 Å². The van der Waals surface area contributed by atoms with Crippen molar-refractivity contribution in [3.63, 3.8) is 0 Å². The molecule has 0 saturated carbocycles. The van der Waals surface area contributed by atoms with Gasteiger partial charge in [-0.25, -0.2) is 0 Å². The molecule has 1 heterocycles. The van der Waals surface area contributed by atoms with Crippen LogP contribution in [-0.4, -0.2) is 51.1 Å². The molecule has 1 aliphatic heterocycles. The molecule has 8 heteroatoms. The lowest BCUT2D eigenvalue weighted by Crippen LogP contribution is -2.41. The van der Waals surface area contributed by atoms with Gasteiger partial charge in [0.25, 0.3) is 0 Å². The van der Waals surface area contributed by atoms with Crippen molar-refractivity contribution in [3.05, 3.63) is 29.8 Å². The normalized spacial score (nSPS) is 18.5. The Morgan fingerprint density at radius 3 is 2.79 bits per heavy atom. The Kier molecular flexibility index (Phi) is 6.30. The van der Waals surface area contributed by atoms with Crippen molar-refractivity contribution in [1.82, 2.24) is 10.2 Å². The van der Waals surface area contributed by atoms with Crippen LogP contribution in [0.25, 0.3) is 0 Å². The Hall–Kier alpha value is -1.96. The van der Waals surface area contributed by atoms with Crippen molar-refractivity contribution in [2.45, 2.75) is 19.3 Å². The first-order valence-electron chi connectivity index (χ1n) is 7.72. The van der Waals surface area contributed by atoms with Gasteiger partial charge in [-0.15, -0.1) is 13.2 Å². The quantitative estimate of drug-likeness (QED) is 0.658. The van der Waals surface area contributed by atoms with Crippen LogP contribution in [0.4, 0.5) is 13.2 Å². The van der Waals surface area contributed by atoms with Crippen LogP contribution in [0, 0.1) is 5.92 Å². The summed E-state index contributed by atoms with van der Waals surface area (Å²) in [6.07, 6.45) is -3.71. The minimum Gasteiger partial charge on any atom is -0.405 e. The monoisotopic (exact) mass is 345 g/mol. The van der Waals surface area contributed by atoms with Crippen molar-refractivity contribution < 1.29 is 22.6 Å². The number of nitrogens with zero attached hydrogens (tertiary/aromatic N) is 2. The number of halogens is 3. The van der Waals surface area contributed by atoms with E-state index in [9.17, 15) is 13.2 Å². The number of para-hydroxylation sites is 1. The van der Waals surface area contributed by atoms with E-state index < -0.39 is 6.36 Å². The molecule has 5 nitrogen and oxygen atoms in total. The van der Waals surface area contributed by atoms with Crippen LogP contribution in [-0.2, 0) is 11.3 Å². The van der Waals surface area contributed by atoms with E-state index in [1.54, 1.807) is 19.2 Å².